The van der Waals surface area contributed by atoms with Gasteiger partial charge in [-0.1, -0.05) is 0 Å². The van der Waals surface area contributed by atoms with Crippen LogP contribution in [0.1, 0.15) is 5.56 Å². The lowest BCUT2D eigenvalue weighted by Crippen LogP contribution is -1.95. The van der Waals surface area contributed by atoms with Crippen LogP contribution in [0.5, 0.6) is 5.75 Å². The van der Waals surface area contributed by atoms with E-state index in [4.69, 9.17) is 17.0 Å². The van der Waals surface area contributed by atoms with E-state index in [0.717, 1.165) is 21.3 Å². The lowest BCUT2D eigenvalue weighted by atomic mass is 10.2. The lowest BCUT2D eigenvalue weighted by molar-refractivity contribution is 0.412. The summed E-state index contributed by atoms with van der Waals surface area (Å²) in [5.41, 5.74) is 1.73. The summed E-state index contributed by atoms with van der Waals surface area (Å²) in [6.07, 6.45) is 5.11. The van der Waals surface area contributed by atoms with Gasteiger partial charge in [0.2, 0.25) is 4.77 Å². The number of nitrogens with one attached hydrogen (secondary N) is 1. The van der Waals surface area contributed by atoms with Gasteiger partial charge < -0.3 is 4.74 Å². The van der Waals surface area contributed by atoms with E-state index in [9.17, 15) is 0 Å². The molecule has 0 aliphatic rings. The third-order valence-corrected chi connectivity index (χ3v) is 3.95. The number of halogens is 1. The van der Waals surface area contributed by atoms with Crippen LogP contribution in [0.2, 0.25) is 0 Å². The van der Waals surface area contributed by atoms with Crippen molar-refractivity contribution in [1.82, 2.24) is 19.9 Å². The van der Waals surface area contributed by atoms with E-state index < -0.39 is 0 Å². The second-order valence-electron chi connectivity index (χ2n) is 4.54. The van der Waals surface area contributed by atoms with Crippen LogP contribution in [0.3, 0.4) is 0 Å². The number of hydrogen-bond acceptors (Lipinski definition) is 5. The molecule has 0 aliphatic carbocycles. The van der Waals surface area contributed by atoms with Crippen molar-refractivity contribution in [3.05, 3.63) is 57.5 Å². The van der Waals surface area contributed by atoms with Crippen molar-refractivity contribution in [2.24, 2.45) is 5.10 Å². The molecule has 116 valence electrons. The number of aromatic nitrogens is 4. The molecule has 0 fully saturated rings. The number of methoxy groups -OCH3 is 1. The average Bonchev–Trinajstić information content (AvgIpc) is 2.94. The number of nitrogens with zero attached hydrogens (tertiary/aromatic N) is 4. The first kappa shape index (κ1) is 15.6. The van der Waals surface area contributed by atoms with E-state index in [1.54, 1.807) is 30.4 Å². The fourth-order valence-corrected chi connectivity index (χ4v) is 2.71. The number of pyridine rings is 1. The third kappa shape index (κ3) is 3.38. The monoisotopic (exact) mass is 389 g/mol. The number of H-pyrrole nitrogens is 1. The number of hydrogen-bond donors (Lipinski definition) is 1. The van der Waals surface area contributed by atoms with E-state index in [1.165, 1.54) is 0 Å². The standard InChI is InChI=1S/C15H12BrN5OS/c1-22-13-5-4-10(7-12(13)16)8-18-21-14(19-20-15(21)23)11-3-2-6-17-9-11/h2-9H,1H3,(H,20,23). The maximum Gasteiger partial charge on any atom is 0.216 e. The van der Waals surface area contributed by atoms with Crippen molar-refractivity contribution in [3.8, 4) is 17.1 Å². The molecule has 23 heavy (non-hydrogen) atoms. The van der Waals surface area contributed by atoms with Gasteiger partial charge in [-0.3, -0.25) is 4.98 Å². The van der Waals surface area contributed by atoms with Crippen LogP contribution in [0, 0.1) is 4.77 Å². The van der Waals surface area contributed by atoms with E-state index in [1.807, 2.05) is 30.3 Å². The molecule has 3 aromatic rings. The zero-order valence-corrected chi connectivity index (χ0v) is 14.5. The first-order valence-electron chi connectivity index (χ1n) is 6.65. The highest BCUT2D eigenvalue weighted by atomic mass is 79.9. The smallest absolute Gasteiger partial charge is 0.216 e. The number of aromatic amines is 1. The molecule has 1 N–H and O–H groups in total. The Morgan fingerprint density at radius 3 is 2.96 bits per heavy atom. The molecule has 1 aromatic carbocycles. The highest BCUT2D eigenvalue weighted by Crippen LogP contribution is 2.25. The molecular formula is C15H12BrN5OS. The van der Waals surface area contributed by atoms with Gasteiger partial charge in [-0.05, 0) is 64.0 Å². The van der Waals surface area contributed by atoms with Crippen molar-refractivity contribution >= 4 is 34.4 Å². The second kappa shape index (κ2) is 6.84. The fourth-order valence-electron chi connectivity index (χ4n) is 1.97. The normalized spacial score (nSPS) is 11.0. The van der Waals surface area contributed by atoms with Crippen LogP contribution in [0.4, 0.5) is 0 Å². The Balaban J connectivity index is 1.96. The molecule has 8 heteroatoms. The van der Waals surface area contributed by atoms with Crippen molar-refractivity contribution in [2.45, 2.75) is 0 Å². The Morgan fingerprint density at radius 1 is 1.39 bits per heavy atom. The van der Waals surface area contributed by atoms with Crippen LogP contribution < -0.4 is 4.74 Å². The van der Waals surface area contributed by atoms with Crippen LogP contribution in [0.15, 0.2) is 52.3 Å². The molecule has 0 unspecified atom stereocenters. The molecule has 0 bridgehead atoms. The molecule has 0 aliphatic heterocycles. The molecule has 6 nitrogen and oxygen atoms in total. The zero-order chi connectivity index (χ0) is 16.2. The predicted molar refractivity (Wildman–Crippen MR) is 94.3 cm³/mol. The van der Waals surface area contributed by atoms with E-state index in [-0.39, 0.29) is 0 Å². The Kier molecular flexibility index (Phi) is 4.63. The highest BCUT2D eigenvalue weighted by molar-refractivity contribution is 9.10. The SMILES string of the molecule is COc1ccc(C=Nn2c(-c3cccnc3)n[nH]c2=S)cc1Br. The van der Waals surface area contributed by atoms with Gasteiger partial charge in [-0.2, -0.15) is 14.9 Å². The number of ether oxygens (including phenoxy) is 1. The molecule has 2 aromatic heterocycles. The Hall–Kier alpha value is -2.32. The summed E-state index contributed by atoms with van der Waals surface area (Å²) in [4.78, 5) is 4.09. The van der Waals surface area contributed by atoms with Gasteiger partial charge in [0.1, 0.15) is 5.75 Å². The molecule has 0 spiro atoms. The van der Waals surface area contributed by atoms with E-state index >= 15 is 0 Å². The first-order chi connectivity index (χ1) is 11.2. The third-order valence-electron chi connectivity index (χ3n) is 3.07. The van der Waals surface area contributed by atoms with Crippen molar-refractivity contribution in [2.75, 3.05) is 7.11 Å². The molecule has 0 amide bonds. The quantitative estimate of drug-likeness (QED) is 0.546. The van der Waals surface area contributed by atoms with Crippen molar-refractivity contribution in [3.63, 3.8) is 0 Å². The van der Waals surface area contributed by atoms with E-state index in [2.05, 4.69) is 36.2 Å². The minimum absolute atomic E-state index is 0.410. The second-order valence-corrected chi connectivity index (χ2v) is 5.79. The molecule has 0 atom stereocenters. The Labute approximate surface area is 146 Å². The molecular weight excluding hydrogens is 378 g/mol. The number of rotatable bonds is 4. The van der Waals surface area contributed by atoms with Crippen molar-refractivity contribution in [1.29, 1.82) is 0 Å². The summed E-state index contributed by atoms with van der Waals surface area (Å²) in [6.45, 7) is 0. The summed E-state index contributed by atoms with van der Waals surface area (Å²) in [5.74, 6) is 1.37. The van der Waals surface area contributed by atoms with Crippen LogP contribution in [0.25, 0.3) is 11.4 Å². The summed E-state index contributed by atoms with van der Waals surface area (Å²) < 4.78 is 8.04. The Bertz CT molecular complexity index is 904. The van der Waals surface area contributed by atoms with Gasteiger partial charge in [0.05, 0.1) is 17.8 Å². The van der Waals surface area contributed by atoms with Crippen LogP contribution in [-0.2, 0) is 0 Å². The summed E-state index contributed by atoms with van der Waals surface area (Å²) in [7, 11) is 1.62. The molecule has 0 saturated carbocycles. The maximum atomic E-state index is 5.24. The van der Waals surface area contributed by atoms with Gasteiger partial charge in [-0.15, -0.1) is 0 Å². The van der Waals surface area contributed by atoms with E-state index in [0.29, 0.717) is 10.6 Å². The number of benzene rings is 1. The van der Waals surface area contributed by atoms with Gasteiger partial charge >= 0.3 is 0 Å². The van der Waals surface area contributed by atoms with Gasteiger partial charge in [0.25, 0.3) is 0 Å². The van der Waals surface area contributed by atoms with Gasteiger partial charge in [-0.25, -0.2) is 5.10 Å². The first-order valence-corrected chi connectivity index (χ1v) is 7.85. The highest BCUT2D eigenvalue weighted by Gasteiger charge is 2.07. The molecule has 2 heterocycles. The topological polar surface area (TPSA) is 68.1 Å². The van der Waals surface area contributed by atoms with Gasteiger partial charge in [0, 0.05) is 18.0 Å². The average molecular weight is 390 g/mol. The molecule has 0 radical (unpaired) electrons. The summed E-state index contributed by atoms with van der Waals surface area (Å²) >= 11 is 8.69. The van der Waals surface area contributed by atoms with Gasteiger partial charge in [0.15, 0.2) is 5.82 Å². The summed E-state index contributed by atoms with van der Waals surface area (Å²) in [5, 5.41) is 11.4. The minimum Gasteiger partial charge on any atom is -0.496 e. The fraction of sp³-hybridized carbons (Fsp3) is 0.0667. The Morgan fingerprint density at radius 2 is 2.26 bits per heavy atom. The van der Waals surface area contributed by atoms with Crippen molar-refractivity contribution < 1.29 is 4.74 Å². The minimum atomic E-state index is 0.410. The molecule has 0 saturated heterocycles. The maximum absolute atomic E-state index is 5.24. The lowest BCUT2D eigenvalue weighted by Gasteiger charge is -2.03. The largest absolute Gasteiger partial charge is 0.496 e. The zero-order valence-electron chi connectivity index (χ0n) is 12.1. The van der Waals surface area contributed by atoms with Crippen LogP contribution in [-0.4, -0.2) is 33.2 Å². The summed E-state index contributed by atoms with van der Waals surface area (Å²) in [6, 6.07) is 9.41. The predicted octanol–water partition coefficient (Wildman–Crippen LogP) is 3.66. The molecule has 3 rings (SSSR count). The van der Waals surface area contributed by atoms with Crippen LogP contribution >= 0.6 is 28.1 Å².